The summed E-state index contributed by atoms with van der Waals surface area (Å²) >= 11 is 0. The lowest BCUT2D eigenvalue weighted by Gasteiger charge is -2.05. The van der Waals surface area contributed by atoms with Gasteiger partial charge in [0.1, 0.15) is 5.69 Å². The third-order valence-electron chi connectivity index (χ3n) is 2.78. The SMILES string of the molecule is COc1cccc2cc(NC=C(C(=O)O)C(=O)O)c(=O)oc12. The number of nitrogens with one attached hydrogen (secondary N) is 1. The maximum Gasteiger partial charge on any atom is 0.360 e. The van der Waals surface area contributed by atoms with Crippen molar-refractivity contribution < 1.29 is 29.0 Å². The first-order valence-corrected chi connectivity index (χ1v) is 5.98. The Morgan fingerprint density at radius 1 is 1.27 bits per heavy atom. The van der Waals surface area contributed by atoms with Gasteiger partial charge in [0.15, 0.2) is 16.9 Å². The average Bonchev–Trinajstić information content (AvgIpc) is 2.46. The van der Waals surface area contributed by atoms with Gasteiger partial charge >= 0.3 is 17.6 Å². The third kappa shape index (κ3) is 2.90. The van der Waals surface area contributed by atoms with Crippen LogP contribution in [0, 0.1) is 0 Å². The summed E-state index contributed by atoms with van der Waals surface area (Å²) in [5, 5.41) is 20.3. The highest BCUT2D eigenvalue weighted by atomic mass is 16.5. The molecular weight excluding hydrogens is 294 g/mol. The zero-order valence-corrected chi connectivity index (χ0v) is 11.3. The van der Waals surface area contributed by atoms with Crippen molar-refractivity contribution in [2.75, 3.05) is 12.4 Å². The molecule has 2 aromatic rings. The molecule has 0 saturated carbocycles. The van der Waals surface area contributed by atoms with Crippen LogP contribution in [0.1, 0.15) is 0 Å². The molecule has 0 radical (unpaired) electrons. The predicted octanol–water partition coefficient (Wildman–Crippen LogP) is 1.27. The standard InChI is InChI=1S/C14H11NO7/c1-21-10-4-2-3-7-5-9(14(20)22-11(7)10)15-6-8(12(16)17)13(18)19/h2-6,15H,1H3,(H,16,17)(H,18,19). The van der Waals surface area contributed by atoms with Gasteiger partial charge in [-0.05, 0) is 12.1 Å². The molecule has 0 fully saturated rings. The van der Waals surface area contributed by atoms with Crippen molar-refractivity contribution in [1.82, 2.24) is 0 Å². The van der Waals surface area contributed by atoms with Gasteiger partial charge < -0.3 is 24.7 Å². The molecule has 0 saturated heterocycles. The number of hydrogen-bond acceptors (Lipinski definition) is 6. The van der Waals surface area contributed by atoms with Crippen molar-refractivity contribution in [3.05, 3.63) is 46.5 Å². The number of carbonyl (C=O) groups is 2. The fraction of sp³-hybridized carbons (Fsp3) is 0.0714. The van der Waals surface area contributed by atoms with E-state index in [9.17, 15) is 14.4 Å². The van der Waals surface area contributed by atoms with E-state index in [1.54, 1.807) is 18.2 Å². The van der Waals surface area contributed by atoms with Gasteiger partial charge in [-0.25, -0.2) is 14.4 Å². The number of methoxy groups -OCH3 is 1. The number of anilines is 1. The van der Waals surface area contributed by atoms with Crippen LogP contribution >= 0.6 is 0 Å². The minimum Gasteiger partial charge on any atom is -0.493 e. The van der Waals surface area contributed by atoms with E-state index < -0.39 is 23.1 Å². The number of aliphatic carboxylic acids is 2. The Hall–Kier alpha value is -3.29. The molecule has 0 aliphatic rings. The van der Waals surface area contributed by atoms with Crippen LogP contribution in [0.15, 0.2) is 45.3 Å². The van der Waals surface area contributed by atoms with Gasteiger partial charge in [0.2, 0.25) is 0 Å². The van der Waals surface area contributed by atoms with Crippen LogP contribution in [0.5, 0.6) is 5.75 Å². The highest BCUT2D eigenvalue weighted by Crippen LogP contribution is 2.25. The number of ether oxygens (including phenoxy) is 1. The molecule has 22 heavy (non-hydrogen) atoms. The van der Waals surface area contributed by atoms with Crippen molar-refractivity contribution in [2.24, 2.45) is 0 Å². The summed E-state index contributed by atoms with van der Waals surface area (Å²) in [4.78, 5) is 33.3. The number of carboxylic acids is 2. The largest absolute Gasteiger partial charge is 0.493 e. The Bertz CT molecular complexity index is 819. The summed E-state index contributed by atoms with van der Waals surface area (Å²) in [6.45, 7) is 0. The summed E-state index contributed by atoms with van der Waals surface area (Å²) in [5.74, 6) is -2.90. The van der Waals surface area contributed by atoms with Crippen LogP contribution in [0.25, 0.3) is 11.0 Å². The summed E-state index contributed by atoms with van der Waals surface area (Å²) in [5.41, 5.74) is -1.56. The molecule has 8 heteroatoms. The smallest absolute Gasteiger partial charge is 0.360 e. The van der Waals surface area contributed by atoms with E-state index in [0.717, 1.165) is 0 Å². The topological polar surface area (TPSA) is 126 Å². The number of para-hydroxylation sites is 1. The second kappa shape index (κ2) is 6.00. The maximum atomic E-state index is 11.8. The molecule has 8 nitrogen and oxygen atoms in total. The normalized spacial score (nSPS) is 10.0. The highest BCUT2D eigenvalue weighted by molar-refractivity contribution is 6.12. The Kier molecular flexibility index (Phi) is 4.12. The van der Waals surface area contributed by atoms with Crippen molar-refractivity contribution in [3.8, 4) is 5.75 Å². The number of carboxylic acid groups (broad SMARTS) is 2. The molecule has 1 aromatic heterocycles. The number of hydrogen-bond donors (Lipinski definition) is 3. The Morgan fingerprint density at radius 2 is 1.95 bits per heavy atom. The number of rotatable bonds is 5. The minimum absolute atomic E-state index is 0.0965. The second-order valence-electron chi connectivity index (χ2n) is 4.14. The van der Waals surface area contributed by atoms with E-state index >= 15 is 0 Å². The molecular formula is C14H11NO7. The molecule has 2 rings (SSSR count). The molecule has 0 spiro atoms. The van der Waals surface area contributed by atoms with Crippen LogP contribution in [0.4, 0.5) is 5.69 Å². The zero-order valence-electron chi connectivity index (χ0n) is 11.3. The van der Waals surface area contributed by atoms with Gasteiger partial charge in [-0.3, -0.25) is 0 Å². The number of benzene rings is 1. The molecule has 0 aliphatic carbocycles. The monoisotopic (exact) mass is 305 g/mol. The molecule has 1 aromatic carbocycles. The third-order valence-corrected chi connectivity index (χ3v) is 2.78. The lowest BCUT2D eigenvalue weighted by molar-refractivity contribution is -0.140. The van der Waals surface area contributed by atoms with Crippen LogP contribution in [0.3, 0.4) is 0 Å². The summed E-state index contributed by atoms with van der Waals surface area (Å²) in [6, 6.07) is 6.36. The Labute approximate surface area is 123 Å². The molecule has 0 atom stereocenters. The van der Waals surface area contributed by atoms with E-state index in [2.05, 4.69) is 5.32 Å². The van der Waals surface area contributed by atoms with E-state index in [1.165, 1.54) is 13.2 Å². The summed E-state index contributed by atoms with van der Waals surface area (Å²) in [6.07, 6.45) is 0.711. The maximum absolute atomic E-state index is 11.8. The van der Waals surface area contributed by atoms with Crippen LogP contribution in [0.2, 0.25) is 0 Å². The lowest BCUT2D eigenvalue weighted by atomic mass is 10.2. The van der Waals surface area contributed by atoms with Gasteiger partial charge in [0.25, 0.3) is 0 Å². The van der Waals surface area contributed by atoms with Gasteiger partial charge in [-0.1, -0.05) is 12.1 Å². The summed E-state index contributed by atoms with van der Waals surface area (Å²) in [7, 11) is 1.43. The Morgan fingerprint density at radius 3 is 2.55 bits per heavy atom. The van der Waals surface area contributed by atoms with Crippen LogP contribution in [-0.4, -0.2) is 29.3 Å². The number of fused-ring (bicyclic) bond motifs is 1. The molecule has 0 unspecified atom stereocenters. The summed E-state index contributed by atoms with van der Waals surface area (Å²) < 4.78 is 10.2. The molecule has 0 bridgehead atoms. The minimum atomic E-state index is -1.63. The van der Waals surface area contributed by atoms with E-state index in [1.807, 2.05) is 0 Å². The van der Waals surface area contributed by atoms with Crippen molar-refractivity contribution in [2.45, 2.75) is 0 Å². The Balaban J connectivity index is 2.47. The van der Waals surface area contributed by atoms with Crippen molar-refractivity contribution in [3.63, 3.8) is 0 Å². The zero-order chi connectivity index (χ0) is 16.3. The average molecular weight is 305 g/mol. The lowest BCUT2D eigenvalue weighted by Crippen LogP contribution is -2.14. The van der Waals surface area contributed by atoms with Gasteiger partial charge in [-0.2, -0.15) is 0 Å². The van der Waals surface area contributed by atoms with Crippen LogP contribution in [-0.2, 0) is 9.59 Å². The molecule has 0 aliphatic heterocycles. The van der Waals surface area contributed by atoms with Crippen molar-refractivity contribution >= 4 is 28.6 Å². The van der Waals surface area contributed by atoms with E-state index in [-0.39, 0.29) is 11.3 Å². The fourth-order valence-corrected chi connectivity index (χ4v) is 1.74. The predicted molar refractivity (Wildman–Crippen MR) is 76.0 cm³/mol. The van der Waals surface area contributed by atoms with E-state index in [0.29, 0.717) is 17.3 Å². The van der Waals surface area contributed by atoms with Gasteiger partial charge in [-0.15, -0.1) is 0 Å². The molecule has 1 heterocycles. The fourth-order valence-electron chi connectivity index (χ4n) is 1.74. The molecule has 3 N–H and O–H groups in total. The van der Waals surface area contributed by atoms with Gasteiger partial charge in [0, 0.05) is 11.6 Å². The van der Waals surface area contributed by atoms with Crippen LogP contribution < -0.4 is 15.7 Å². The first-order chi connectivity index (χ1) is 10.4. The second-order valence-corrected chi connectivity index (χ2v) is 4.14. The quantitative estimate of drug-likeness (QED) is 0.326. The first-order valence-electron chi connectivity index (χ1n) is 5.98. The molecule has 114 valence electrons. The molecule has 0 amide bonds. The van der Waals surface area contributed by atoms with Gasteiger partial charge in [0.05, 0.1) is 7.11 Å². The first kappa shape index (κ1) is 15.1. The van der Waals surface area contributed by atoms with E-state index in [4.69, 9.17) is 19.4 Å². The highest BCUT2D eigenvalue weighted by Gasteiger charge is 2.16. The van der Waals surface area contributed by atoms with Crippen molar-refractivity contribution in [1.29, 1.82) is 0 Å².